The van der Waals surface area contributed by atoms with Crippen LogP contribution in [0, 0.1) is 10.1 Å². The maximum Gasteiger partial charge on any atom is 0.300 e. The third-order valence-corrected chi connectivity index (χ3v) is 3.37. The van der Waals surface area contributed by atoms with Gasteiger partial charge in [-0.1, -0.05) is 42.8 Å². The van der Waals surface area contributed by atoms with E-state index < -0.39 is 10.8 Å². The normalized spacial score (nSPS) is 10.2. The lowest BCUT2D eigenvalue weighted by molar-refractivity contribution is -0.385. The number of nitrogens with zero attached hydrogens (tertiary/aromatic N) is 1. The number of aryl methyl sites for hydroxylation is 1. The molecule has 0 atom stereocenters. The van der Waals surface area contributed by atoms with E-state index in [1.807, 2.05) is 19.1 Å². The molecule has 1 amide bonds. The maximum absolute atomic E-state index is 12.3. The van der Waals surface area contributed by atoms with Crippen LogP contribution >= 0.6 is 11.6 Å². The summed E-state index contributed by atoms with van der Waals surface area (Å²) in [4.78, 5) is 22.7. The number of rotatable bonds is 4. The van der Waals surface area contributed by atoms with Gasteiger partial charge in [-0.15, -0.1) is 0 Å². The molecule has 0 heterocycles. The highest BCUT2D eigenvalue weighted by molar-refractivity contribution is 6.33. The van der Waals surface area contributed by atoms with Gasteiger partial charge in [-0.05, 0) is 30.2 Å². The number of anilines is 1. The van der Waals surface area contributed by atoms with Crippen LogP contribution in [0.4, 0.5) is 11.4 Å². The van der Waals surface area contributed by atoms with E-state index in [1.54, 1.807) is 12.1 Å². The molecule has 108 valence electrons. The van der Waals surface area contributed by atoms with Crippen LogP contribution in [0.1, 0.15) is 22.8 Å². The van der Waals surface area contributed by atoms with Gasteiger partial charge in [-0.3, -0.25) is 14.9 Å². The molecular weight excluding hydrogens is 292 g/mol. The van der Waals surface area contributed by atoms with Crippen LogP contribution < -0.4 is 5.32 Å². The summed E-state index contributed by atoms with van der Waals surface area (Å²) in [5.41, 5.74) is 1.15. The highest BCUT2D eigenvalue weighted by Crippen LogP contribution is 2.29. The number of halogens is 1. The van der Waals surface area contributed by atoms with Crippen molar-refractivity contribution >= 4 is 28.9 Å². The third-order valence-electron chi connectivity index (χ3n) is 3.06. The Labute approximate surface area is 126 Å². The van der Waals surface area contributed by atoms with Crippen molar-refractivity contribution in [3.05, 3.63) is 68.7 Å². The Bertz CT molecular complexity index is 701. The molecule has 0 spiro atoms. The Balaban J connectivity index is 2.38. The van der Waals surface area contributed by atoms with Crippen LogP contribution in [0.15, 0.2) is 42.5 Å². The number of hydrogen-bond donors (Lipinski definition) is 1. The molecule has 2 aromatic rings. The molecule has 21 heavy (non-hydrogen) atoms. The van der Waals surface area contributed by atoms with Gasteiger partial charge in [0.05, 0.1) is 4.92 Å². The highest BCUT2D eigenvalue weighted by atomic mass is 35.5. The third kappa shape index (κ3) is 3.20. The van der Waals surface area contributed by atoms with Crippen molar-refractivity contribution in [3.63, 3.8) is 0 Å². The molecule has 0 aliphatic rings. The molecular formula is C15H13ClN2O3. The summed E-state index contributed by atoms with van der Waals surface area (Å²) < 4.78 is 0. The molecule has 0 saturated carbocycles. The van der Waals surface area contributed by atoms with Crippen LogP contribution in [0.3, 0.4) is 0 Å². The van der Waals surface area contributed by atoms with Crippen molar-refractivity contribution in [2.75, 3.05) is 5.32 Å². The van der Waals surface area contributed by atoms with E-state index in [9.17, 15) is 14.9 Å². The van der Waals surface area contributed by atoms with Gasteiger partial charge in [0.2, 0.25) is 0 Å². The monoisotopic (exact) mass is 304 g/mol. The SMILES string of the molecule is CCc1ccccc1NC(=O)c1cccc(Cl)c1[N+](=O)[O-]. The number of hydrogen-bond acceptors (Lipinski definition) is 3. The highest BCUT2D eigenvalue weighted by Gasteiger charge is 2.23. The van der Waals surface area contributed by atoms with Gasteiger partial charge in [0.1, 0.15) is 10.6 Å². The molecule has 1 N–H and O–H groups in total. The molecule has 0 saturated heterocycles. The lowest BCUT2D eigenvalue weighted by Crippen LogP contribution is -2.15. The lowest BCUT2D eigenvalue weighted by Gasteiger charge is -2.10. The van der Waals surface area contributed by atoms with Crippen molar-refractivity contribution in [1.82, 2.24) is 0 Å². The number of nitro groups is 1. The first-order valence-corrected chi connectivity index (χ1v) is 6.74. The average molecular weight is 305 g/mol. The van der Waals surface area contributed by atoms with Crippen molar-refractivity contribution in [2.24, 2.45) is 0 Å². The van der Waals surface area contributed by atoms with E-state index in [0.29, 0.717) is 5.69 Å². The van der Waals surface area contributed by atoms with Gasteiger partial charge in [-0.25, -0.2) is 0 Å². The summed E-state index contributed by atoms with van der Waals surface area (Å²) in [5, 5.41) is 13.7. The quantitative estimate of drug-likeness (QED) is 0.683. The molecule has 2 aromatic carbocycles. The molecule has 6 heteroatoms. The Morgan fingerprint density at radius 1 is 1.24 bits per heavy atom. The lowest BCUT2D eigenvalue weighted by atomic mass is 10.1. The van der Waals surface area contributed by atoms with Crippen LogP contribution in [0.2, 0.25) is 5.02 Å². The second kappa shape index (κ2) is 6.37. The zero-order valence-corrected chi connectivity index (χ0v) is 12.1. The predicted molar refractivity (Wildman–Crippen MR) is 81.9 cm³/mol. The zero-order valence-electron chi connectivity index (χ0n) is 11.3. The summed E-state index contributed by atoms with van der Waals surface area (Å²) in [5.74, 6) is -0.551. The smallest absolute Gasteiger partial charge is 0.300 e. The summed E-state index contributed by atoms with van der Waals surface area (Å²) in [7, 11) is 0. The standard InChI is InChI=1S/C15H13ClN2O3/c1-2-10-6-3-4-9-13(10)17-15(19)11-7-5-8-12(16)14(11)18(20)21/h3-9H,2H2,1H3,(H,17,19). The van der Waals surface area contributed by atoms with Crippen molar-refractivity contribution in [2.45, 2.75) is 13.3 Å². The summed E-state index contributed by atoms with van der Waals surface area (Å²) in [6, 6.07) is 11.6. The zero-order chi connectivity index (χ0) is 15.4. The first kappa shape index (κ1) is 15.0. The number of carbonyl (C=O) groups is 1. The molecule has 0 fully saturated rings. The van der Waals surface area contributed by atoms with E-state index in [2.05, 4.69) is 5.32 Å². The minimum atomic E-state index is -0.650. The second-order valence-electron chi connectivity index (χ2n) is 4.36. The fourth-order valence-electron chi connectivity index (χ4n) is 2.02. The number of carbonyl (C=O) groups excluding carboxylic acids is 1. The minimum Gasteiger partial charge on any atom is -0.322 e. The number of nitro benzene ring substituents is 1. The molecule has 0 aromatic heterocycles. The first-order chi connectivity index (χ1) is 10.0. The van der Waals surface area contributed by atoms with Gasteiger partial charge in [0, 0.05) is 5.69 Å². The van der Waals surface area contributed by atoms with Gasteiger partial charge >= 0.3 is 5.69 Å². The van der Waals surface area contributed by atoms with E-state index >= 15 is 0 Å². The summed E-state index contributed by atoms with van der Waals surface area (Å²) >= 11 is 5.81. The van der Waals surface area contributed by atoms with E-state index in [0.717, 1.165) is 12.0 Å². The molecule has 5 nitrogen and oxygen atoms in total. The largest absolute Gasteiger partial charge is 0.322 e. The Morgan fingerprint density at radius 3 is 2.62 bits per heavy atom. The van der Waals surface area contributed by atoms with Crippen molar-refractivity contribution in [3.8, 4) is 0 Å². The number of amides is 1. The Hall–Kier alpha value is -2.40. The topological polar surface area (TPSA) is 72.2 Å². The number of para-hydroxylation sites is 2. The fraction of sp³-hybridized carbons (Fsp3) is 0.133. The Morgan fingerprint density at radius 2 is 1.95 bits per heavy atom. The fourth-order valence-corrected chi connectivity index (χ4v) is 2.27. The Kier molecular flexibility index (Phi) is 4.55. The van der Waals surface area contributed by atoms with Gasteiger partial charge in [0.15, 0.2) is 0 Å². The van der Waals surface area contributed by atoms with E-state index in [-0.39, 0.29) is 16.3 Å². The maximum atomic E-state index is 12.3. The summed E-state index contributed by atoms with van der Waals surface area (Å²) in [6.45, 7) is 1.97. The second-order valence-corrected chi connectivity index (χ2v) is 4.77. The van der Waals surface area contributed by atoms with Crippen LogP contribution in [0.25, 0.3) is 0 Å². The number of benzene rings is 2. The molecule has 0 aliphatic carbocycles. The van der Waals surface area contributed by atoms with E-state index in [4.69, 9.17) is 11.6 Å². The van der Waals surface area contributed by atoms with Crippen LogP contribution in [-0.2, 0) is 6.42 Å². The summed E-state index contributed by atoms with van der Waals surface area (Å²) in [6.07, 6.45) is 0.744. The van der Waals surface area contributed by atoms with E-state index in [1.165, 1.54) is 18.2 Å². The average Bonchev–Trinajstić information content (AvgIpc) is 2.47. The van der Waals surface area contributed by atoms with Gasteiger partial charge in [-0.2, -0.15) is 0 Å². The molecule has 0 radical (unpaired) electrons. The van der Waals surface area contributed by atoms with Gasteiger partial charge < -0.3 is 5.32 Å². The van der Waals surface area contributed by atoms with Crippen molar-refractivity contribution < 1.29 is 9.72 Å². The van der Waals surface area contributed by atoms with Crippen LogP contribution in [0.5, 0.6) is 0 Å². The first-order valence-electron chi connectivity index (χ1n) is 6.36. The number of nitrogens with one attached hydrogen (secondary N) is 1. The molecule has 2 rings (SSSR count). The van der Waals surface area contributed by atoms with Gasteiger partial charge in [0.25, 0.3) is 5.91 Å². The van der Waals surface area contributed by atoms with Crippen LogP contribution in [-0.4, -0.2) is 10.8 Å². The molecule has 0 bridgehead atoms. The predicted octanol–water partition coefficient (Wildman–Crippen LogP) is 4.06. The molecule has 0 unspecified atom stereocenters. The minimum absolute atomic E-state index is 0.0570. The van der Waals surface area contributed by atoms with Crippen molar-refractivity contribution in [1.29, 1.82) is 0 Å². The molecule has 0 aliphatic heterocycles.